The van der Waals surface area contributed by atoms with Crippen molar-refractivity contribution in [1.82, 2.24) is 5.32 Å². The van der Waals surface area contributed by atoms with Crippen LogP contribution >= 0.6 is 0 Å². The summed E-state index contributed by atoms with van der Waals surface area (Å²) in [5, 5.41) is 14.0. The second-order valence-electron chi connectivity index (χ2n) is 4.60. The lowest BCUT2D eigenvalue weighted by Crippen LogP contribution is -2.39. The maximum atomic E-state index is 11.6. The van der Waals surface area contributed by atoms with Crippen LogP contribution in [-0.4, -0.2) is 24.0 Å². The number of hydrogen-bond donors (Lipinski definition) is 1. The molecule has 0 amide bonds. The Bertz CT molecular complexity index is 485. The molecule has 0 aromatic heterocycles. The van der Waals surface area contributed by atoms with Crippen molar-refractivity contribution in [2.45, 2.75) is 25.4 Å². The van der Waals surface area contributed by atoms with E-state index in [2.05, 4.69) is 5.32 Å². The molecule has 19 heavy (non-hydrogen) atoms. The first kappa shape index (κ1) is 13.5. The molecule has 1 aromatic carbocycles. The van der Waals surface area contributed by atoms with E-state index in [9.17, 15) is 14.9 Å². The smallest absolute Gasteiger partial charge is 0.323 e. The van der Waals surface area contributed by atoms with Crippen LogP contribution in [0, 0.1) is 16.0 Å². The van der Waals surface area contributed by atoms with Gasteiger partial charge < -0.3 is 4.74 Å². The quantitative estimate of drug-likeness (QED) is 0.480. The van der Waals surface area contributed by atoms with Crippen molar-refractivity contribution in [1.29, 1.82) is 0 Å². The summed E-state index contributed by atoms with van der Waals surface area (Å²) in [7, 11) is 1.35. The van der Waals surface area contributed by atoms with E-state index in [1.807, 2.05) is 0 Å². The van der Waals surface area contributed by atoms with E-state index in [0.717, 1.165) is 12.8 Å². The van der Waals surface area contributed by atoms with Gasteiger partial charge in [0.2, 0.25) is 0 Å². The Morgan fingerprint density at radius 3 is 2.79 bits per heavy atom. The zero-order chi connectivity index (χ0) is 13.8. The molecule has 0 aliphatic heterocycles. The molecule has 0 spiro atoms. The van der Waals surface area contributed by atoms with Crippen LogP contribution in [-0.2, 0) is 16.1 Å². The first-order valence-corrected chi connectivity index (χ1v) is 6.17. The zero-order valence-electron chi connectivity index (χ0n) is 10.7. The number of esters is 1. The zero-order valence-corrected chi connectivity index (χ0v) is 10.7. The fraction of sp³-hybridized carbons (Fsp3) is 0.462. The van der Waals surface area contributed by atoms with Gasteiger partial charge in [-0.05, 0) is 18.8 Å². The highest BCUT2D eigenvalue weighted by atomic mass is 16.6. The van der Waals surface area contributed by atoms with E-state index in [4.69, 9.17) is 4.74 Å². The summed E-state index contributed by atoms with van der Waals surface area (Å²) in [6.07, 6.45) is 1.98. The maximum Gasteiger partial charge on any atom is 0.323 e. The molecule has 6 nitrogen and oxygen atoms in total. The number of para-hydroxylation sites is 1. The molecular formula is C13H16N2O4. The molecule has 1 aliphatic rings. The summed E-state index contributed by atoms with van der Waals surface area (Å²) in [6, 6.07) is 6.15. The van der Waals surface area contributed by atoms with Crippen molar-refractivity contribution < 1.29 is 14.5 Å². The Morgan fingerprint density at radius 1 is 1.53 bits per heavy atom. The number of hydrogen-bond acceptors (Lipinski definition) is 5. The van der Waals surface area contributed by atoms with Crippen LogP contribution in [0.4, 0.5) is 5.69 Å². The monoisotopic (exact) mass is 264 g/mol. The van der Waals surface area contributed by atoms with E-state index in [0.29, 0.717) is 5.56 Å². The highest BCUT2D eigenvalue weighted by Crippen LogP contribution is 2.33. The van der Waals surface area contributed by atoms with Gasteiger partial charge in [0.1, 0.15) is 6.04 Å². The number of nitrogens with zero attached hydrogens (tertiary/aromatic N) is 1. The molecule has 0 saturated heterocycles. The fourth-order valence-electron chi connectivity index (χ4n) is 2.06. The Morgan fingerprint density at radius 2 is 2.21 bits per heavy atom. The number of carbonyl (C=O) groups excluding carboxylic acids is 1. The van der Waals surface area contributed by atoms with E-state index >= 15 is 0 Å². The molecule has 102 valence electrons. The SMILES string of the molecule is COC(=O)C(NCc1ccccc1[N+](=O)[O-])C1CC1. The minimum atomic E-state index is -0.415. The number of methoxy groups -OCH3 is 1. The molecule has 0 heterocycles. The summed E-state index contributed by atoms with van der Waals surface area (Å²) in [5.74, 6) is -0.0173. The maximum absolute atomic E-state index is 11.6. The number of ether oxygens (including phenoxy) is 1. The molecule has 1 unspecified atom stereocenters. The third-order valence-electron chi connectivity index (χ3n) is 3.25. The van der Waals surface area contributed by atoms with Gasteiger partial charge in [0.05, 0.1) is 12.0 Å². The Hall–Kier alpha value is -1.95. The lowest BCUT2D eigenvalue weighted by atomic mass is 10.1. The average molecular weight is 264 g/mol. The molecule has 1 fully saturated rings. The van der Waals surface area contributed by atoms with Gasteiger partial charge in [-0.25, -0.2) is 0 Å². The number of nitro benzene ring substituents is 1. The Balaban J connectivity index is 2.05. The van der Waals surface area contributed by atoms with Gasteiger partial charge in [-0.2, -0.15) is 0 Å². The average Bonchev–Trinajstić information content (AvgIpc) is 3.23. The topological polar surface area (TPSA) is 81.5 Å². The van der Waals surface area contributed by atoms with Gasteiger partial charge in [0, 0.05) is 18.2 Å². The lowest BCUT2D eigenvalue weighted by Gasteiger charge is -2.15. The normalized spacial score (nSPS) is 15.8. The number of carbonyl (C=O) groups is 1. The molecule has 1 aromatic rings. The summed E-state index contributed by atoms with van der Waals surface area (Å²) >= 11 is 0. The largest absolute Gasteiger partial charge is 0.468 e. The first-order chi connectivity index (χ1) is 9.13. The minimum Gasteiger partial charge on any atom is -0.468 e. The molecule has 1 atom stereocenters. The third kappa shape index (κ3) is 3.29. The van der Waals surface area contributed by atoms with Crippen LogP contribution in [0.5, 0.6) is 0 Å². The fourth-order valence-corrected chi connectivity index (χ4v) is 2.06. The predicted molar refractivity (Wildman–Crippen MR) is 68.5 cm³/mol. The van der Waals surface area contributed by atoms with E-state index in [1.54, 1.807) is 18.2 Å². The van der Waals surface area contributed by atoms with E-state index in [1.165, 1.54) is 13.2 Å². The molecule has 2 rings (SSSR count). The predicted octanol–water partition coefficient (Wildman–Crippen LogP) is 1.64. The van der Waals surface area contributed by atoms with Crippen molar-refractivity contribution in [3.8, 4) is 0 Å². The highest BCUT2D eigenvalue weighted by molar-refractivity contribution is 5.76. The van der Waals surface area contributed by atoms with Gasteiger partial charge in [-0.15, -0.1) is 0 Å². The van der Waals surface area contributed by atoms with Gasteiger partial charge >= 0.3 is 5.97 Å². The van der Waals surface area contributed by atoms with E-state index < -0.39 is 4.92 Å². The third-order valence-corrected chi connectivity index (χ3v) is 3.25. The standard InChI is InChI=1S/C13H16N2O4/c1-19-13(16)12(9-6-7-9)14-8-10-4-2-3-5-11(10)15(17)18/h2-5,9,12,14H,6-8H2,1H3. The number of rotatable bonds is 6. The van der Waals surface area contributed by atoms with Crippen LogP contribution in [0.1, 0.15) is 18.4 Å². The van der Waals surface area contributed by atoms with Gasteiger partial charge in [-0.3, -0.25) is 20.2 Å². The first-order valence-electron chi connectivity index (χ1n) is 6.17. The van der Waals surface area contributed by atoms with Crippen LogP contribution < -0.4 is 5.32 Å². The van der Waals surface area contributed by atoms with Crippen molar-refractivity contribution in [3.05, 3.63) is 39.9 Å². The number of benzene rings is 1. The van der Waals surface area contributed by atoms with Crippen LogP contribution in [0.3, 0.4) is 0 Å². The van der Waals surface area contributed by atoms with Crippen molar-refractivity contribution >= 4 is 11.7 Å². The molecule has 1 aliphatic carbocycles. The summed E-state index contributed by atoms with van der Waals surface area (Å²) in [5.41, 5.74) is 0.636. The highest BCUT2D eigenvalue weighted by Gasteiger charge is 2.36. The van der Waals surface area contributed by atoms with Crippen molar-refractivity contribution in [2.75, 3.05) is 7.11 Å². The lowest BCUT2D eigenvalue weighted by molar-refractivity contribution is -0.385. The Kier molecular flexibility index (Phi) is 4.11. The van der Waals surface area contributed by atoms with Gasteiger partial charge in [0.25, 0.3) is 5.69 Å². The summed E-state index contributed by atoms with van der Waals surface area (Å²) < 4.78 is 4.74. The van der Waals surface area contributed by atoms with Crippen molar-refractivity contribution in [2.24, 2.45) is 5.92 Å². The molecule has 6 heteroatoms. The number of nitrogens with one attached hydrogen (secondary N) is 1. The van der Waals surface area contributed by atoms with Crippen LogP contribution in [0.15, 0.2) is 24.3 Å². The molecule has 1 N–H and O–H groups in total. The molecule has 1 saturated carbocycles. The van der Waals surface area contributed by atoms with Gasteiger partial charge in [-0.1, -0.05) is 18.2 Å². The van der Waals surface area contributed by atoms with Crippen molar-refractivity contribution in [3.63, 3.8) is 0 Å². The summed E-state index contributed by atoms with van der Waals surface area (Å²) in [4.78, 5) is 22.1. The van der Waals surface area contributed by atoms with Crippen LogP contribution in [0.25, 0.3) is 0 Å². The molecular weight excluding hydrogens is 248 g/mol. The molecule has 0 bridgehead atoms. The minimum absolute atomic E-state index is 0.0643. The van der Waals surface area contributed by atoms with E-state index in [-0.39, 0.29) is 30.2 Å². The van der Waals surface area contributed by atoms with Gasteiger partial charge in [0.15, 0.2) is 0 Å². The Labute approximate surface area is 110 Å². The second kappa shape index (κ2) is 5.79. The number of nitro groups is 1. The summed E-state index contributed by atoms with van der Waals surface area (Å²) in [6.45, 7) is 0.285. The molecule has 0 radical (unpaired) electrons. The van der Waals surface area contributed by atoms with Crippen LogP contribution in [0.2, 0.25) is 0 Å². The second-order valence-corrected chi connectivity index (χ2v) is 4.60.